The number of fused-ring (bicyclic) bond motifs is 1. The summed E-state index contributed by atoms with van der Waals surface area (Å²) in [5, 5.41) is 0.543. The Balaban J connectivity index is 2.34. The predicted molar refractivity (Wildman–Crippen MR) is 74.7 cm³/mol. The predicted octanol–water partition coefficient (Wildman–Crippen LogP) is 3.64. The number of aromatic nitrogens is 1. The molecule has 2 aromatic carbocycles. The SMILES string of the molecule is Cc1cc(F)cc2[nH]c(-c3ccccc3)cc(=O)c12. The first kappa shape index (κ1) is 11.7. The van der Waals surface area contributed by atoms with Crippen molar-refractivity contribution in [3.63, 3.8) is 0 Å². The van der Waals surface area contributed by atoms with Crippen molar-refractivity contribution < 1.29 is 4.39 Å². The van der Waals surface area contributed by atoms with Gasteiger partial charge in [-0.25, -0.2) is 4.39 Å². The van der Waals surface area contributed by atoms with Crippen LogP contribution in [0.1, 0.15) is 5.56 Å². The van der Waals surface area contributed by atoms with Gasteiger partial charge in [-0.05, 0) is 30.2 Å². The van der Waals surface area contributed by atoms with Crippen LogP contribution in [0.25, 0.3) is 22.2 Å². The van der Waals surface area contributed by atoms with Gasteiger partial charge in [0.1, 0.15) is 5.82 Å². The van der Waals surface area contributed by atoms with Gasteiger partial charge in [0.2, 0.25) is 0 Å². The summed E-state index contributed by atoms with van der Waals surface area (Å²) in [6.45, 7) is 1.74. The maximum atomic E-state index is 13.4. The van der Waals surface area contributed by atoms with Gasteiger partial charge in [0.25, 0.3) is 0 Å². The zero-order chi connectivity index (χ0) is 13.4. The molecule has 0 unspecified atom stereocenters. The molecule has 0 aliphatic carbocycles. The molecule has 19 heavy (non-hydrogen) atoms. The number of hydrogen-bond donors (Lipinski definition) is 1. The number of hydrogen-bond acceptors (Lipinski definition) is 1. The molecule has 0 radical (unpaired) electrons. The van der Waals surface area contributed by atoms with Gasteiger partial charge in [0, 0.05) is 17.1 Å². The molecule has 1 heterocycles. The van der Waals surface area contributed by atoms with Crippen LogP contribution in [0.3, 0.4) is 0 Å². The highest BCUT2D eigenvalue weighted by molar-refractivity contribution is 5.84. The minimum atomic E-state index is -0.342. The number of aryl methyl sites for hydroxylation is 1. The Labute approximate surface area is 109 Å². The van der Waals surface area contributed by atoms with Gasteiger partial charge in [-0.2, -0.15) is 0 Å². The lowest BCUT2D eigenvalue weighted by Crippen LogP contribution is -2.05. The van der Waals surface area contributed by atoms with Gasteiger partial charge < -0.3 is 4.98 Å². The summed E-state index contributed by atoms with van der Waals surface area (Å²) in [5.74, 6) is -0.342. The first-order valence-corrected chi connectivity index (χ1v) is 6.04. The van der Waals surface area contributed by atoms with Gasteiger partial charge in [0.05, 0.1) is 5.52 Å². The molecule has 3 heteroatoms. The van der Waals surface area contributed by atoms with Crippen LogP contribution in [0.4, 0.5) is 4.39 Å². The van der Waals surface area contributed by atoms with Crippen LogP contribution in [0.2, 0.25) is 0 Å². The monoisotopic (exact) mass is 253 g/mol. The van der Waals surface area contributed by atoms with Crippen molar-refractivity contribution in [2.24, 2.45) is 0 Å². The van der Waals surface area contributed by atoms with Crippen molar-refractivity contribution in [1.82, 2.24) is 4.98 Å². The van der Waals surface area contributed by atoms with E-state index in [0.29, 0.717) is 22.2 Å². The van der Waals surface area contributed by atoms with Crippen molar-refractivity contribution in [2.75, 3.05) is 0 Å². The van der Waals surface area contributed by atoms with E-state index in [4.69, 9.17) is 0 Å². The molecule has 0 spiro atoms. The third-order valence-electron chi connectivity index (χ3n) is 3.18. The van der Waals surface area contributed by atoms with E-state index < -0.39 is 0 Å². The van der Waals surface area contributed by atoms with Gasteiger partial charge in [-0.15, -0.1) is 0 Å². The van der Waals surface area contributed by atoms with Gasteiger partial charge in [0.15, 0.2) is 5.43 Å². The van der Waals surface area contributed by atoms with Crippen LogP contribution in [0.5, 0.6) is 0 Å². The van der Waals surface area contributed by atoms with Gasteiger partial charge >= 0.3 is 0 Å². The molecule has 0 saturated carbocycles. The lowest BCUT2D eigenvalue weighted by atomic mass is 10.1. The summed E-state index contributed by atoms with van der Waals surface area (Å²) in [4.78, 5) is 15.3. The highest BCUT2D eigenvalue weighted by Gasteiger charge is 2.07. The maximum Gasteiger partial charge on any atom is 0.190 e. The summed E-state index contributed by atoms with van der Waals surface area (Å²) < 4.78 is 13.4. The van der Waals surface area contributed by atoms with E-state index in [2.05, 4.69) is 4.98 Å². The fourth-order valence-corrected chi connectivity index (χ4v) is 2.33. The average molecular weight is 253 g/mol. The Morgan fingerprint density at radius 2 is 1.79 bits per heavy atom. The molecule has 94 valence electrons. The topological polar surface area (TPSA) is 32.9 Å². The number of pyridine rings is 1. The van der Waals surface area contributed by atoms with Crippen LogP contribution in [-0.4, -0.2) is 4.98 Å². The molecule has 3 aromatic rings. The van der Waals surface area contributed by atoms with E-state index >= 15 is 0 Å². The summed E-state index contributed by atoms with van der Waals surface area (Å²) in [7, 11) is 0. The Kier molecular flexibility index (Phi) is 2.67. The van der Waals surface area contributed by atoms with Crippen LogP contribution in [0.15, 0.2) is 53.3 Å². The Bertz CT molecular complexity index is 806. The zero-order valence-corrected chi connectivity index (χ0v) is 10.4. The van der Waals surface area contributed by atoms with Crippen LogP contribution in [0, 0.1) is 12.7 Å². The molecule has 0 atom stereocenters. The lowest BCUT2D eigenvalue weighted by Gasteiger charge is -2.06. The van der Waals surface area contributed by atoms with Crippen LogP contribution < -0.4 is 5.43 Å². The zero-order valence-electron chi connectivity index (χ0n) is 10.4. The molecule has 0 amide bonds. The van der Waals surface area contributed by atoms with Crippen molar-refractivity contribution in [2.45, 2.75) is 6.92 Å². The van der Waals surface area contributed by atoms with Crippen LogP contribution >= 0.6 is 0 Å². The van der Waals surface area contributed by atoms with E-state index in [1.165, 1.54) is 12.1 Å². The minimum absolute atomic E-state index is 0.0925. The molecule has 0 aliphatic rings. The Hall–Kier alpha value is -2.42. The molecule has 1 N–H and O–H groups in total. The quantitative estimate of drug-likeness (QED) is 0.705. The number of H-pyrrole nitrogens is 1. The van der Waals surface area contributed by atoms with Crippen molar-refractivity contribution in [1.29, 1.82) is 0 Å². The fraction of sp³-hybridized carbons (Fsp3) is 0.0625. The van der Waals surface area contributed by atoms with Crippen molar-refractivity contribution in [3.05, 3.63) is 70.1 Å². The molecule has 0 bridgehead atoms. The largest absolute Gasteiger partial charge is 0.354 e. The normalized spacial score (nSPS) is 10.8. The Morgan fingerprint density at radius 1 is 1.05 bits per heavy atom. The number of aromatic amines is 1. The standard InChI is InChI=1S/C16H12FNO/c1-10-7-12(17)8-14-16(10)15(19)9-13(18-14)11-5-3-2-4-6-11/h2-9H,1H3,(H,18,19). The highest BCUT2D eigenvalue weighted by atomic mass is 19.1. The molecule has 0 aliphatic heterocycles. The van der Waals surface area contributed by atoms with Gasteiger partial charge in [-0.3, -0.25) is 4.79 Å². The summed E-state index contributed by atoms with van der Waals surface area (Å²) >= 11 is 0. The minimum Gasteiger partial charge on any atom is -0.354 e. The van der Waals surface area contributed by atoms with E-state index in [1.54, 1.807) is 13.0 Å². The molecule has 3 rings (SSSR count). The third kappa shape index (κ3) is 2.03. The average Bonchev–Trinajstić information content (AvgIpc) is 2.38. The Morgan fingerprint density at radius 3 is 2.53 bits per heavy atom. The van der Waals surface area contributed by atoms with Gasteiger partial charge in [-0.1, -0.05) is 30.3 Å². The molecule has 2 nitrogen and oxygen atoms in total. The summed E-state index contributed by atoms with van der Waals surface area (Å²) in [6.07, 6.45) is 0. The molecule has 0 saturated heterocycles. The lowest BCUT2D eigenvalue weighted by molar-refractivity contribution is 0.628. The second-order valence-corrected chi connectivity index (χ2v) is 4.56. The number of nitrogens with one attached hydrogen (secondary N) is 1. The third-order valence-corrected chi connectivity index (χ3v) is 3.18. The number of halogens is 1. The molecular formula is C16H12FNO. The maximum absolute atomic E-state index is 13.4. The first-order chi connectivity index (χ1) is 9.15. The van der Waals surface area contributed by atoms with Crippen molar-refractivity contribution >= 4 is 10.9 Å². The fourth-order valence-electron chi connectivity index (χ4n) is 2.33. The van der Waals surface area contributed by atoms with Crippen LogP contribution in [-0.2, 0) is 0 Å². The number of rotatable bonds is 1. The summed E-state index contributed by atoms with van der Waals surface area (Å²) in [6, 6.07) is 13.8. The first-order valence-electron chi connectivity index (χ1n) is 6.04. The summed E-state index contributed by atoms with van der Waals surface area (Å²) in [5.41, 5.74) is 2.69. The molecule has 0 fully saturated rings. The van der Waals surface area contributed by atoms with E-state index in [1.807, 2.05) is 30.3 Å². The van der Waals surface area contributed by atoms with Crippen molar-refractivity contribution in [3.8, 4) is 11.3 Å². The molecular weight excluding hydrogens is 241 g/mol. The van der Waals surface area contributed by atoms with E-state index in [-0.39, 0.29) is 11.2 Å². The second kappa shape index (κ2) is 4.35. The number of benzene rings is 2. The highest BCUT2D eigenvalue weighted by Crippen LogP contribution is 2.20. The smallest absolute Gasteiger partial charge is 0.190 e. The second-order valence-electron chi connectivity index (χ2n) is 4.56. The van der Waals surface area contributed by atoms with E-state index in [0.717, 1.165) is 5.56 Å². The molecule has 1 aromatic heterocycles. The van der Waals surface area contributed by atoms with E-state index in [9.17, 15) is 9.18 Å².